The van der Waals surface area contributed by atoms with Crippen molar-refractivity contribution in [2.75, 3.05) is 14.2 Å². The largest absolute Gasteiger partial charge is 0.488 e. The minimum atomic E-state index is -0.631. The molecule has 0 unspecified atom stereocenters. The van der Waals surface area contributed by atoms with E-state index in [-0.39, 0.29) is 11.1 Å². The molecule has 6 nitrogen and oxygen atoms in total. The van der Waals surface area contributed by atoms with Crippen molar-refractivity contribution >= 4 is 28.8 Å². The third kappa shape index (κ3) is 6.68. The molecule has 1 aromatic heterocycles. The van der Waals surface area contributed by atoms with Crippen molar-refractivity contribution in [3.05, 3.63) is 57.3 Å². The third-order valence-electron chi connectivity index (χ3n) is 5.61. The van der Waals surface area contributed by atoms with Crippen molar-refractivity contribution in [3.8, 4) is 5.75 Å². The van der Waals surface area contributed by atoms with E-state index in [1.807, 2.05) is 19.9 Å². The maximum Gasteiger partial charge on any atom is 0.338 e. The fourth-order valence-electron chi connectivity index (χ4n) is 3.26. The Balaban J connectivity index is 2.04. The second kappa shape index (κ2) is 11.8. The van der Waals surface area contributed by atoms with Gasteiger partial charge < -0.3 is 19.3 Å². The van der Waals surface area contributed by atoms with E-state index in [4.69, 9.17) is 14.2 Å². The number of allylic oxidation sites excluding steroid dienone is 2. The van der Waals surface area contributed by atoms with Crippen LogP contribution in [0.15, 0.2) is 36.4 Å². The average Bonchev–Trinajstić information content (AvgIpc) is 3.30. The number of rotatable bonds is 11. The Labute approximate surface area is 193 Å². The first kappa shape index (κ1) is 25.6. The summed E-state index contributed by atoms with van der Waals surface area (Å²) >= 11 is 1.63. The molecule has 0 saturated heterocycles. The highest BCUT2D eigenvalue weighted by Crippen LogP contribution is 2.28. The maximum atomic E-state index is 12.0. The lowest BCUT2D eigenvalue weighted by Crippen LogP contribution is -2.25. The molecule has 2 aromatic rings. The zero-order valence-electron chi connectivity index (χ0n) is 19.4. The van der Waals surface area contributed by atoms with Crippen LogP contribution < -0.4 is 4.74 Å². The van der Waals surface area contributed by atoms with Crippen molar-refractivity contribution in [3.63, 3.8) is 0 Å². The van der Waals surface area contributed by atoms with Crippen LogP contribution in [-0.4, -0.2) is 36.9 Å². The molecular weight excluding hydrogens is 428 g/mol. The molecule has 2 rings (SSSR count). The molecule has 1 N–H and O–H groups in total. The van der Waals surface area contributed by atoms with E-state index >= 15 is 0 Å². The van der Waals surface area contributed by atoms with Crippen LogP contribution in [-0.2, 0) is 16.1 Å². The minimum Gasteiger partial charge on any atom is -0.488 e. The standard InChI is InChI=1S/C25H32O6S/c1-6-25(28,7-2)14-8-9-17(3)22-13-11-19(32-22)16-31-18-10-12-20(23(26)29-4)21(15-18)24(27)30-5/h9-13,15,28H,6-8,14,16H2,1-5H3. The van der Waals surface area contributed by atoms with E-state index in [1.54, 1.807) is 17.4 Å². The summed E-state index contributed by atoms with van der Waals surface area (Å²) in [5.74, 6) is -0.787. The molecular formula is C25H32O6S. The van der Waals surface area contributed by atoms with Crippen molar-refractivity contribution in [1.82, 2.24) is 0 Å². The topological polar surface area (TPSA) is 82.1 Å². The number of esters is 2. The van der Waals surface area contributed by atoms with Gasteiger partial charge in [0.15, 0.2) is 0 Å². The van der Waals surface area contributed by atoms with Gasteiger partial charge in [-0.25, -0.2) is 9.59 Å². The van der Waals surface area contributed by atoms with E-state index in [2.05, 4.69) is 19.1 Å². The molecule has 0 atom stereocenters. The van der Waals surface area contributed by atoms with E-state index in [9.17, 15) is 14.7 Å². The van der Waals surface area contributed by atoms with Crippen molar-refractivity contribution in [2.24, 2.45) is 0 Å². The van der Waals surface area contributed by atoms with Gasteiger partial charge in [-0.2, -0.15) is 0 Å². The fourth-order valence-corrected chi connectivity index (χ4v) is 4.18. The second-order valence-corrected chi connectivity index (χ2v) is 8.77. The van der Waals surface area contributed by atoms with Crippen LogP contribution in [0.3, 0.4) is 0 Å². The van der Waals surface area contributed by atoms with Crippen molar-refractivity contribution in [2.45, 2.75) is 58.7 Å². The summed E-state index contributed by atoms with van der Waals surface area (Å²) < 4.78 is 15.3. The lowest BCUT2D eigenvalue weighted by molar-refractivity contribution is 0.0246. The molecule has 174 valence electrons. The lowest BCUT2D eigenvalue weighted by atomic mass is 9.91. The monoisotopic (exact) mass is 460 g/mol. The molecule has 1 heterocycles. The predicted octanol–water partition coefficient (Wildman–Crippen LogP) is 5.63. The first-order valence-electron chi connectivity index (χ1n) is 10.7. The summed E-state index contributed by atoms with van der Waals surface area (Å²) in [7, 11) is 2.51. The number of hydrogen-bond donors (Lipinski definition) is 1. The van der Waals surface area contributed by atoms with E-state index in [0.29, 0.717) is 12.4 Å². The Kier molecular flexibility index (Phi) is 9.47. The van der Waals surface area contributed by atoms with Crippen molar-refractivity contribution < 1.29 is 28.9 Å². The number of hydrogen-bond acceptors (Lipinski definition) is 7. The summed E-state index contributed by atoms with van der Waals surface area (Å²) in [6, 6.07) is 8.67. The second-order valence-electron chi connectivity index (χ2n) is 7.60. The number of methoxy groups -OCH3 is 2. The van der Waals surface area contributed by atoms with E-state index < -0.39 is 17.5 Å². The van der Waals surface area contributed by atoms with Gasteiger partial charge in [0.25, 0.3) is 0 Å². The molecule has 0 aliphatic carbocycles. The SMILES string of the molecule is CCC(O)(CC)CCC=C(C)c1ccc(COc2ccc(C(=O)OC)c(C(=O)OC)c2)s1. The zero-order valence-corrected chi connectivity index (χ0v) is 20.2. The Morgan fingerprint density at radius 1 is 1.03 bits per heavy atom. The number of ether oxygens (including phenoxy) is 3. The van der Waals surface area contributed by atoms with Crippen LogP contribution in [0.5, 0.6) is 5.75 Å². The quantitative estimate of drug-likeness (QED) is 0.437. The molecule has 1 aromatic carbocycles. The van der Waals surface area contributed by atoms with Gasteiger partial charge in [-0.3, -0.25) is 0 Å². The summed E-state index contributed by atoms with van der Waals surface area (Å²) in [6.07, 6.45) is 5.27. The number of aliphatic hydroxyl groups is 1. The minimum absolute atomic E-state index is 0.0987. The van der Waals surface area contributed by atoms with Gasteiger partial charge in [0.2, 0.25) is 0 Å². The smallest absolute Gasteiger partial charge is 0.338 e. The van der Waals surface area contributed by atoms with Crippen molar-refractivity contribution in [1.29, 1.82) is 0 Å². The number of carbonyl (C=O) groups is 2. The third-order valence-corrected chi connectivity index (χ3v) is 6.80. The number of carbonyl (C=O) groups excluding carboxylic acids is 2. The molecule has 0 aliphatic heterocycles. The van der Waals surface area contributed by atoms with Gasteiger partial charge in [0.1, 0.15) is 12.4 Å². The van der Waals surface area contributed by atoms with Gasteiger partial charge >= 0.3 is 11.9 Å². The lowest BCUT2D eigenvalue weighted by Gasteiger charge is -2.24. The number of benzene rings is 1. The molecule has 0 bridgehead atoms. The summed E-state index contributed by atoms with van der Waals surface area (Å²) in [4.78, 5) is 26.1. The first-order valence-corrected chi connectivity index (χ1v) is 11.5. The summed E-state index contributed by atoms with van der Waals surface area (Å²) in [5.41, 5.74) is 0.814. The van der Waals surface area contributed by atoms with Crippen LogP contribution in [0.4, 0.5) is 0 Å². The van der Waals surface area contributed by atoms with Gasteiger partial charge in [0, 0.05) is 9.75 Å². The Bertz CT molecular complexity index is 955. The zero-order chi connectivity index (χ0) is 23.7. The van der Waals surface area contributed by atoms with Crippen LogP contribution in [0.2, 0.25) is 0 Å². The fraction of sp³-hybridized carbons (Fsp3) is 0.440. The van der Waals surface area contributed by atoms with E-state index in [0.717, 1.165) is 35.4 Å². The molecule has 0 amide bonds. The van der Waals surface area contributed by atoms with Gasteiger partial charge in [-0.05, 0) is 68.5 Å². The van der Waals surface area contributed by atoms with Crippen LogP contribution in [0.25, 0.3) is 5.57 Å². The molecule has 0 aliphatic rings. The van der Waals surface area contributed by atoms with Gasteiger partial charge in [0.05, 0.1) is 30.9 Å². The van der Waals surface area contributed by atoms with E-state index in [1.165, 1.54) is 31.9 Å². The predicted molar refractivity (Wildman–Crippen MR) is 126 cm³/mol. The number of thiophene rings is 1. The molecule has 0 fully saturated rings. The first-order chi connectivity index (χ1) is 15.3. The summed E-state index contributed by atoms with van der Waals surface area (Å²) in [6.45, 7) is 6.44. The average molecular weight is 461 g/mol. The molecule has 0 saturated carbocycles. The highest BCUT2D eigenvalue weighted by atomic mass is 32.1. The van der Waals surface area contributed by atoms with Crippen LogP contribution in [0, 0.1) is 0 Å². The summed E-state index contributed by atoms with van der Waals surface area (Å²) in [5, 5.41) is 10.4. The van der Waals surface area contributed by atoms with Crippen LogP contribution >= 0.6 is 11.3 Å². The normalized spacial score (nSPS) is 11.9. The Hall–Kier alpha value is -2.64. The molecule has 0 radical (unpaired) electrons. The molecule has 7 heteroatoms. The highest BCUT2D eigenvalue weighted by molar-refractivity contribution is 7.13. The molecule has 32 heavy (non-hydrogen) atoms. The highest BCUT2D eigenvalue weighted by Gasteiger charge is 2.21. The van der Waals surface area contributed by atoms with Gasteiger partial charge in [-0.15, -0.1) is 11.3 Å². The molecule has 0 spiro atoms. The Morgan fingerprint density at radius 2 is 1.69 bits per heavy atom. The maximum absolute atomic E-state index is 12.0. The van der Waals surface area contributed by atoms with Crippen LogP contribution in [0.1, 0.15) is 76.9 Å². The Morgan fingerprint density at radius 3 is 2.31 bits per heavy atom. The van der Waals surface area contributed by atoms with Gasteiger partial charge in [-0.1, -0.05) is 19.9 Å².